The van der Waals surface area contributed by atoms with Crippen molar-refractivity contribution in [3.63, 3.8) is 0 Å². The molecular formula is C14H16N2O. The number of hydrogen-bond acceptors (Lipinski definition) is 3. The van der Waals surface area contributed by atoms with Gasteiger partial charge in [-0.1, -0.05) is 6.07 Å². The van der Waals surface area contributed by atoms with Crippen molar-refractivity contribution in [1.29, 1.82) is 0 Å². The molecule has 0 radical (unpaired) electrons. The van der Waals surface area contributed by atoms with E-state index >= 15 is 0 Å². The Kier molecular flexibility index (Phi) is 3.60. The monoisotopic (exact) mass is 228 g/mol. The first-order valence-electron chi connectivity index (χ1n) is 5.63. The summed E-state index contributed by atoms with van der Waals surface area (Å²) in [5.74, 6) is 0.847. The Hall–Kier alpha value is -2.03. The van der Waals surface area contributed by atoms with Crippen molar-refractivity contribution in [1.82, 2.24) is 4.98 Å². The highest BCUT2D eigenvalue weighted by Crippen LogP contribution is 2.13. The molecule has 2 rings (SSSR count). The van der Waals surface area contributed by atoms with Gasteiger partial charge in [0.15, 0.2) is 0 Å². The van der Waals surface area contributed by atoms with E-state index in [-0.39, 0.29) is 0 Å². The first-order chi connectivity index (χ1) is 8.24. The lowest BCUT2D eigenvalue weighted by Crippen LogP contribution is -2.02. The molecule has 2 N–H and O–H groups in total. The number of nitrogen functional groups attached to an aromatic ring is 1. The third-order valence-electron chi connectivity index (χ3n) is 2.47. The topological polar surface area (TPSA) is 48.1 Å². The van der Waals surface area contributed by atoms with Crippen LogP contribution in [0.3, 0.4) is 0 Å². The van der Waals surface area contributed by atoms with Crippen LogP contribution in [0, 0.1) is 6.92 Å². The van der Waals surface area contributed by atoms with Crippen LogP contribution in [0.2, 0.25) is 0 Å². The average Bonchev–Trinajstić information content (AvgIpc) is 2.32. The summed E-state index contributed by atoms with van der Waals surface area (Å²) in [6, 6.07) is 9.56. The average molecular weight is 228 g/mol. The molecule has 3 nitrogen and oxygen atoms in total. The quantitative estimate of drug-likeness (QED) is 0.818. The number of ether oxygens (including phenoxy) is 1. The summed E-state index contributed by atoms with van der Waals surface area (Å²) in [5.41, 5.74) is 8.72. The summed E-state index contributed by atoms with van der Waals surface area (Å²) in [6.45, 7) is 2.69. The Morgan fingerprint density at radius 3 is 2.65 bits per heavy atom. The minimum atomic E-state index is 0.648. The largest absolute Gasteiger partial charge is 0.493 e. The Bertz CT molecular complexity index is 480. The van der Waals surface area contributed by atoms with E-state index in [9.17, 15) is 0 Å². The number of hydrogen-bond donors (Lipinski definition) is 1. The number of aromatic nitrogens is 1. The van der Waals surface area contributed by atoms with Gasteiger partial charge in [0.1, 0.15) is 5.75 Å². The summed E-state index contributed by atoms with van der Waals surface area (Å²) < 4.78 is 5.62. The second-order valence-corrected chi connectivity index (χ2v) is 4.04. The van der Waals surface area contributed by atoms with Crippen molar-refractivity contribution >= 4 is 5.69 Å². The SMILES string of the molecule is Cc1cncc(CCOc2ccc(N)cc2)c1. The molecule has 0 saturated heterocycles. The van der Waals surface area contributed by atoms with Crippen LogP contribution in [0.4, 0.5) is 5.69 Å². The van der Waals surface area contributed by atoms with E-state index in [4.69, 9.17) is 10.5 Å². The molecule has 3 heteroatoms. The van der Waals surface area contributed by atoms with Gasteiger partial charge in [0, 0.05) is 24.5 Å². The molecule has 0 spiro atoms. The van der Waals surface area contributed by atoms with E-state index in [0.29, 0.717) is 6.61 Å². The number of benzene rings is 1. The number of anilines is 1. The molecular weight excluding hydrogens is 212 g/mol. The molecule has 1 aromatic carbocycles. The number of aryl methyl sites for hydroxylation is 1. The van der Waals surface area contributed by atoms with Crippen LogP contribution in [-0.4, -0.2) is 11.6 Å². The first-order valence-corrected chi connectivity index (χ1v) is 5.63. The fourth-order valence-corrected chi connectivity index (χ4v) is 1.61. The maximum Gasteiger partial charge on any atom is 0.119 e. The second-order valence-electron chi connectivity index (χ2n) is 4.04. The van der Waals surface area contributed by atoms with Crippen LogP contribution in [-0.2, 0) is 6.42 Å². The maximum absolute atomic E-state index is 5.62. The van der Waals surface area contributed by atoms with E-state index in [1.807, 2.05) is 43.6 Å². The van der Waals surface area contributed by atoms with Crippen LogP contribution in [0.1, 0.15) is 11.1 Å². The van der Waals surface area contributed by atoms with E-state index < -0.39 is 0 Å². The molecule has 17 heavy (non-hydrogen) atoms. The Morgan fingerprint density at radius 1 is 1.18 bits per heavy atom. The van der Waals surface area contributed by atoms with Crippen molar-refractivity contribution in [2.45, 2.75) is 13.3 Å². The molecule has 0 unspecified atom stereocenters. The van der Waals surface area contributed by atoms with Gasteiger partial charge in [-0.2, -0.15) is 0 Å². The summed E-state index contributed by atoms with van der Waals surface area (Å²) in [6.07, 6.45) is 4.59. The smallest absolute Gasteiger partial charge is 0.119 e. The van der Waals surface area contributed by atoms with Crippen LogP contribution in [0.25, 0.3) is 0 Å². The van der Waals surface area contributed by atoms with Crippen molar-refractivity contribution < 1.29 is 4.74 Å². The van der Waals surface area contributed by atoms with Gasteiger partial charge in [-0.25, -0.2) is 0 Å². The molecule has 0 fully saturated rings. The van der Waals surface area contributed by atoms with Crippen molar-refractivity contribution in [2.75, 3.05) is 12.3 Å². The zero-order valence-electron chi connectivity index (χ0n) is 9.89. The summed E-state index contributed by atoms with van der Waals surface area (Å²) in [4.78, 5) is 4.15. The molecule has 0 bridgehead atoms. The summed E-state index contributed by atoms with van der Waals surface area (Å²) >= 11 is 0. The van der Waals surface area contributed by atoms with Gasteiger partial charge >= 0.3 is 0 Å². The molecule has 1 aromatic heterocycles. The highest BCUT2D eigenvalue weighted by Gasteiger charge is 1.96. The molecule has 88 valence electrons. The zero-order valence-corrected chi connectivity index (χ0v) is 9.89. The Balaban J connectivity index is 1.85. The van der Waals surface area contributed by atoms with Crippen molar-refractivity contribution in [3.05, 3.63) is 53.9 Å². The molecule has 0 saturated carbocycles. The predicted octanol–water partition coefficient (Wildman–Crippen LogP) is 2.59. The lowest BCUT2D eigenvalue weighted by atomic mass is 10.2. The van der Waals surface area contributed by atoms with Gasteiger partial charge in [-0.3, -0.25) is 4.98 Å². The van der Waals surface area contributed by atoms with Gasteiger partial charge in [0.25, 0.3) is 0 Å². The third kappa shape index (κ3) is 3.48. The number of nitrogens with two attached hydrogens (primary N) is 1. The van der Waals surface area contributed by atoms with Gasteiger partial charge in [-0.05, 0) is 42.3 Å². The van der Waals surface area contributed by atoms with E-state index in [1.165, 1.54) is 11.1 Å². The molecule has 0 aliphatic carbocycles. The number of rotatable bonds is 4. The lowest BCUT2D eigenvalue weighted by molar-refractivity contribution is 0.322. The van der Waals surface area contributed by atoms with Crippen LogP contribution in [0.15, 0.2) is 42.7 Å². The van der Waals surface area contributed by atoms with Gasteiger partial charge in [0.2, 0.25) is 0 Å². The van der Waals surface area contributed by atoms with E-state index in [2.05, 4.69) is 11.1 Å². The molecule has 1 heterocycles. The lowest BCUT2D eigenvalue weighted by Gasteiger charge is -2.06. The number of pyridine rings is 1. The molecule has 2 aromatic rings. The van der Waals surface area contributed by atoms with E-state index in [1.54, 1.807) is 0 Å². The molecule has 0 atom stereocenters. The highest BCUT2D eigenvalue weighted by atomic mass is 16.5. The van der Waals surface area contributed by atoms with Gasteiger partial charge < -0.3 is 10.5 Å². The fraction of sp³-hybridized carbons (Fsp3) is 0.214. The summed E-state index contributed by atoms with van der Waals surface area (Å²) in [5, 5.41) is 0. The van der Waals surface area contributed by atoms with Crippen LogP contribution in [0.5, 0.6) is 5.75 Å². The maximum atomic E-state index is 5.62. The van der Waals surface area contributed by atoms with Gasteiger partial charge in [-0.15, -0.1) is 0 Å². The first kappa shape index (κ1) is 11.5. The van der Waals surface area contributed by atoms with Crippen LogP contribution < -0.4 is 10.5 Å². The third-order valence-corrected chi connectivity index (χ3v) is 2.47. The van der Waals surface area contributed by atoms with Crippen molar-refractivity contribution in [2.24, 2.45) is 0 Å². The Morgan fingerprint density at radius 2 is 1.94 bits per heavy atom. The Labute approximate surface area is 101 Å². The van der Waals surface area contributed by atoms with Crippen molar-refractivity contribution in [3.8, 4) is 5.75 Å². The summed E-state index contributed by atoms with van der Waals surface area (Å²) in [7, 11) is 0. The fourth-order valence-electron chi connectivity index (χ4n) is 1.61. The molecule has 0 amide bonds. The van der Waals surface area contributed by atoms with E-state index in [0.717, 1.165) is 17.9 Å². The highest BCUT2D eigenvalue weighted by molar-refractivity contribution is 5.41. The predicted molar refractivity (Wildman–Crippen MR) is 69.0 cm³/mol. The minimum absolute atomic E-state index is 0.648. The number of nitrogens with zero attached hydrogens (tertiary/aromatic N) is 1. The van der Waals surface area contributed by atoms with Gasteiger partial charge in [0.05, 0.1) is 6.61 Å². The normalized spacial score (nSPS) is 10.2. The minimum Gasteiger partial charge on any atom is -0.493 e. The van der Waals surface area contributed by atoms with Crippen LogP contribution >= 0.6 is 0 Å². The second kappa shape index (κ2) is 5.34. The molecule has 0 aliphatic heterocycles. The zero-order chi connectivity index (χ0) is 12.1. The molecule has 0 aliphatic rings. The standard InChI is InChI=1S/C14H16N2O/c1-11-8-12(10-16-9-11)6-7-17-14-4-2-13(15)3-5-14/h2-5,8-10H,6-7,15H2,1H3.